The number of hydrogen-bond donors (Lipinski definition) is 5. The summed E-state index contributed by atoms with van der Waals surface area (Å²) < 4.78 is 0. The Kier molecular flexibility index (Phi) is 12.1. The maximum atomic E-state index is 13.5. The molecule has 0 aliphatic carbocycles. The molecular weight excluding hydrogens is 554 g/mol. The normalized spacial score (nSPS) is 16.7. The number of aromatic nitrogens is 1. The second-order valence-electron chi connectivity index (χ2n) is 9.70. The molecule has 0 radical (unpaired) electrons. The number of aliphatic carboxylic acids is 1. The van der Waals surface area contributed by atoms with E-state index < -0.39 is 35.9 Å². The number of carboxylic acid groups (broad SMARTS) is 1. The van der Waals surface area contributed by atoms with Crippen molar-refractivity contribution in [2.24, 2.45) is 5.92 Å². The van der Waals surface area contributed by atoms with Gasteiger partial charge in [0, 0.05) is 31.3 Å². The topological polar surface area (TPSA) is 161 Å². The smallest absolute Gasteiger partial charge is 0.322 e. The number of nitrogens with one attached hydrogen (secondary N) is 3. The van der Waals surface area contributed by atoms with Gasteiger partial charge >= 0.3 is 5.97 Å². The lowest BCUT2D eigenvalue weighted by Gasteiger charge is -2.35. The molecule has 11 nitrogen and oxygen atoms in total. The van der Waals surface area contributed by atoms with Crippen molar-refractivity contribution in [3.63, 3.8) is 0 Å². The van der Waals surface area contributed by atoms with Crippen molar-refractivity contribution in [2.75, 3.05) is 12.3 Å². The predicted octanol–water partition coefficient (Wildman–Crippen LogP) is 2.37. The van der Waals surface area contributed by atoms with E-state index >= 15 is 0 Å². The van der Waals surface area contributed by atoms with E-state index in [2.05, 4.69) is 21.0 Å². The molecular formula is C27H35N5O6S2. The summed E-state index contributed by atoms with van der Waals surface area (Å²) in [5, 5.41) is 26.9. The van der Waals surface area contributed by atoms with Crippen LogP contribution in [0.1, 0.15) is 38.7 Å². The number of phenolic OH excluding ortho intramolecular Hbond substituents is 1. The zero-order valence-corrected chi connectivity index (χ0v) is 24.0. The quantitative estimate of drug-likeness (QED) is 0.173. The summed E-state index contributed by atoms with van der Waals surface area (Å²) in [6.45, 7) is 3.88. The summed E-state index contributed by atoms with van der Waals surface area (Å²) in [6, 6.07) is 9.10. The Morgan fingerprint density at radius 1 is 1.15 bits per heavy atom. The van der Waals surface area contributed by atoms with Crippen LogP contribution in [0.3, 0.4) is 0 Å². The van der Waals surface area contributed by atoms with E-state index in [1.54, 1.807) is 32.2 Å². The minimum Gasteiger partial charge on any atom is -0.508 e. The summed E-state index contributed by atoms with van der Waals surface area (Å²) in [4.78, 5) is 55.3. The van der Waals surface area contributed by atoms with Gasteiger partial charge in [0.1, 0.15) is 28.9 Å². The fourth-order valence-electron chi connectivity index (χ4n) is 4.11. The van der Waals surface area contributed by atoms with Gasteiger partial charge in [0.15, 0.2) is 0 Å². The molecule has 2 heterocycles. The first-order valence-corrected chi connectivity index (χ1v) is 15.3. The number of carbonyl (C=O) groups is 4. The highest BCUT2D eigenvalue weighted by atomic mass is 33.1. The molecule has 216 valence electrons. The number of rotatable bonds is 13. The van der Waals surface area contributed by atoms with Crippen molar-refractivity contribution >= 4 is 45.3 Å². The van der Waals surface area contributed by atoms with E-state index in [0.29, 0.717) is 24.2 Å². The van der Waals surface area contributed by atoms with E-state index in [0.717, 1.165) is 5.03 Å². The average molecular weight is 590 g/mol. The lowest BCUT2D eigenvalue weighted by atomic mass is 10.00. The van der Waals surface area contributed by atoms with Gasteiger partial charge in [0.05, 0.1) is 0 Å². The highest BCUT2D eigenvalue weighted by molar-refractivity contribution is 8.76. The molecule has 0 bridgehead atoms. The molecule has 40 heavy (non-hydrogen) atoms. The fourth-order valence-corrected chi connectivity index (χ4v) is 5.97. The van der Waals surface area contributed by atoms with Crippen LogP contribution in [0.5, 0.6) is 5.75 Å². The Balaban J connectivity index is 1.65. The second kappa shape index (κ2) is 15.5. The molecule has 1 aromatic heterocycles. The second-order valence-corrected chi connectivity index (χ2v) is 12.1. The fraction of sp³-hybridized carbons (Fsp3) is 0.444. The number of hydrogen-bond acceptors (Lipinski definition) is 9. The lowest BCUT2D eigenvalue weighted by Crippen LogP contribution is -2.61. The molecule has 1 aliphatic heterocycles. The van der Waals surface area contributed by atoms with Crippen LogP contribution in [-0.4, -0.2) is 74.3 Å². The Hall–Kier alpha value is -3.29. The van der Waals surface area contributed by atoms with Crippen LogP contribution in [0.4, 0.5) is 0 Å². The number of phenols is 1. The minimum atomic E-state index is -1.06. The number of benzene rings is 1. The maximum Gasteiger partial charge on any atom is 0.322 e. The van der Waals surface area contributed by atoms with Crippen LogP contribution < -0.4 is 16.1 Å². The van der Waals surface area contributed by atoms with Gasteiger partial charge in [-0.05, 0) is 59.4 Å². The van der Waals surface area contributed by atoms with Gasteiger partial charge < -0.3 is 20.8 Å². The van der Waals surface area contributed by atoms with Gasteiger partial charge in [0.25, 0.3) is 5.91 Å². The van der Waals surface area contributed by atoms with E-state index in [1.807, 2.05) is 18.2 Å². The number of carboxylic acids is 1. The number of amides is 3. The van der Waals surface area contributed by atoms with Crippen LogP contribution in [-0.2, 0) is 25.6 Å². The Bertz CT molecular complexity index is 1170. The Morgan fingerprint density at radius 2 is 1.95 bits per heavy atom. The van der Waals surface area contributed by atoms with Crippen LogP contribution in [0.15, 0.2) is 53.7 Å². The summed E-state index contributed by atoms with van der Waals surface area (Å²) in [7, 11) is 2.95. The summed E-state index contributed by atoms with van der Waals surface area (Å²) >= 11 is 0. The number of nitrogens with zero attached hydrogens (tertiary/aromatic N) is 2. The summed E-state index contributed by atoms with van der Waals surface area (Å²) in [6.07, 6.45) is 2.83. The first-order chi connectivity index (χ1) is 19.1. The highest BCUT2D eigenvalue weighted by Crippen LogP contribution is 2.29. The Morgan fingerprint density at radius 3 is 2.62 bits per heavy atom. The number of aromatic hydroxyl groups is 1. The first-order valence-electron chi connectivity index (χ1n) is 13.0. The van der Waals surface area contributed by atoms with E-state index in [9.17, 15) is 29.4 Å². The van der Waals surface area contributed by atoms with Crippen LogP contribution in [0.2, 0.25) is 0 Å². The van der Waals surface area contributed by atoms with Crippen LogP contribution in [0, 0.1) is 5.92 Å². The SMILES string of the molecule is CC(C)[C@H](NC(=O)CCSSc1ccccn1)C(=O)N[C@@H](Cc1cccc(O)c1)C(=O)N1CCC[C@@H](C(=O)O)N1. The van der Waals surface area contributed by atoms with Gasteiger partial charge in [-0.25, -0.2) is 10.4 Å². The van der Waals surface area contributed by atoms with E-state index in [4.69, 9.17) is 0 Å². The zero-order valence-electron chi connectivity index (χ0n) is 22.4. The van der Waals surface area contributed by atoms with E-state index in [1.165, 1.54) is 38.7 Å². The first kappa shape index (κ1) is 31.2. The van der Waals surface area contributed by atoms with Crippen molar-refractivity contribution < 1.29 is 29.4 Å². The maximum absolute atomic E-state index is 13.5. The number of pyridine rings is 1. The van der Waals surface area contributed by atoms with Gasteiger partial charge in [-0.2, -0.15) is 0 Å². The number of hydrazine groups is 1. The molecule has 3 atom stereocenters. The molecule has 2 aromatic rings. The monoisotopic (exact) mass is 589 g/mol. The highest BCUT2D eigenvalue weighted by Gasteiger charge is 2.34. The predicted molar refractivity (Wildman–Crippen MR) is 153 cm³/mol. The van der Waals surface area contributed by atoms with Crippen molar-refractivity contribution in [2.45, 2.75) is 62.7 Å². The molecule has 1 saturated heterocycles. The molecule has 0 saturated carbocycles. The third-order valence-corrected chi connectivity index (χ3v) is 8.44. The molecule has 13 heteroatoms. The van der Waals surface area contributed by atoms with Crippen molar-refractivity contribution in [3.8, 4) is 5.75 Å². The third-order valence-electron chi connectivity index (χ3n) is 6.18. The van der Waals surface area contributed by atoms with Gasteiger partial charge in [-0.15, -0.1) is 0 Å². The molecule has 3 amide bonds. The average Bonchev–Trinajstić information content (AvgIpc) is 2.93. The molecule has 1 aliphatic rings. The largest absolute Gasteiger partial charge is 0.508 e. The van der Waals surface area contributed by atoms with Crippen LogP contribution >= 0.6 is 21.6 Å². The van der Waals surface area contributed by atoms with Gasteiger partial charge in [-0.1, -0.05) is 42.8 Å². The molecule has 3 rings (SSSR count). The minimum absolute atomic E-state index is 0.0171. The third kappa shape index (κ3) is 9.72. The molecule has 1 aromatic carbocycles. The lowest BCUT2D eigenvalue weighted by molar-refractivity contribution is -0.148. The molecule has 5 N–H and O–H groups in total. The van der Waals surface area contributed by atoms with Crippen molar-refractivity contribution in [3.05, 3.63) is 54.2 Å². The van der Waals surface area contributed by atoms with Crippen molar-refractivity contribution in [1.29, 1.82) is 0 Å². The van der Waals surface area contributed by atoms with E-state index in [-0.39, 0.29) is 37.0 Å². The van der Waals surface area contributed by atoms with Gasteiger partial charge in [-0.3, -0.25) is 24.2 Å². The zero-order chi connectivity index (χ0) is 29.1. The summed E-state index contributed by atoms with van der Waals surface area (Å²) in [5.74, 6) is -2.11. The van der Waals surface area contributed by atoms with Gasteiger partial charge in [0.2, 0.25) is 11.8 Å². The standard InChI is InChI=1S/C27H35N5O6S2/c1-17(2)24(30-22(34)11-14-39-40-23-10-3-4-12-28-23)25(35)29-21(16-18-7-5-8-19(33)15-18)26(36)32-13-6-9-20(31-32)27(37)38/h3-5,7-8,10,12,15,17,20-21,24,31,33H,6,9,11,13-14,16H2,1-2H3,(H,29,35)(H,30,34)(H,37,38)/t20-,21-,24-/m0/s1. The molecule has 0 unspecified atom stereocenters. The van der Waals surface area contributed by atoms with Crippen LogP contribution in [0.25, 0.3) is 0 Å². The number of carbonyl (C=O) groups excluding carboxylic acids is 3. The Labute approximate surface area is 241 Å². The molecule has 1 fully saturated rings. The van der Waals surface area contributed by atoms with Crippen molar-refractivity contribution in [1.82, 2.24) is 26.1 Å². The molecule has 0 spiro atoms. The summed E-state index contributed by atoms with van der Waals surface area (Å²) in [5.41, 5.74) is 3.34.